The number of amides is 2. The summed E-state index contributed by atoms with van der Waals surface area (Å²) in [5.74, 6) is 0.922. The summed E-state index contributed by atoms with van der Waals surface area (Å²) in [6.07, 6.45) is 3.46. The molecule has 0 radical (unpaired) electrons. The number of hydrogen-bond donors (Lipinski definition) is 2. The lowest BCUT2D eigenvalue weighted by atomic mass is 9.78. The van der Waals surface area contributed by atoms with Crippen molar-refractivity contribution in [2.45, 2.75) is 59.0 Å². The average Bonchev–Trinajstić information content (AvgIpc) is 2.23. The van der Waals surface area contributed by atoms with Crippen LogP contribution in [0.2, 0.25) is 0 Å². The first kappa shape index (κ1) is 14.0. The Kier molecular flexibility index (Phi) is 4.97. The molecular weight excluding hydrogens is 216 g/mol. The highest BCUT2D eigenvalue weighted by Crippen LogP contribution is 2.29. The van der Waals surface area contributed by atoms with Crippen LogP contribution in [0.4, 0.5) is 0 Å². The van der Waals surface area contributed by atoms with E-state index in [0.29, 0.717) is 11.8 Å². The van der Waals surface area contributed by atoms with Gasteiger partial charge in [0.2, 0.25) is 11.8 Å². The van der Waals surface area contributed by atoms with Gasteiger partial charge in [-0.2, -0.15) is 0 Å². The first-order valence-corrected chi connectivity index (χ1v) is 6.49. The second kappa shape index (κ2) is 6.03. The van der Waals surface area contributed by atoms with Crippen molar-refractivity contribution in [3.63, 3.8) is 0 Å². The summed E-state index contributed by atoms with van der Waals surface area (Å²) in [4.78, 5) is 22.7. The van der Waals surface area contributed by atoms with Crippen LogP contribution in [0.15, 0.2) is 0 Å². The Morgan fingerprint density at radius 3 is 2.47 bits per heavy atom. The molecule has 0 bridgehead atoms. The maximum Gasteiger partial charge on any atom is 0.242 e. The van der Waals surface area contributed by atoms with Gasteiger partial charge in [-0.25, -0.2) is 0 Å². The Hall–Kier alpha value is -1.06. The van der Waals surface area contributed by atoms with Gasteiger partial charge in [0.15, 0.2) is 0 Å². The van der Waals surface area contributed by atoms with Crippen LogP contribution in [-0.2, 0) is 9.59 Å². The molecule has 0 aromatic carbocycles. The third-order valence-corrected chi connectivity index (χ3v) is 3.85. The second-order valence-electron chi connectivity index (χ2n) is 5.30. The van der Waals surface area contributed by atoms with E-state index >= 15 is 0 Å². The normalized spacial score (nSPS) is 30.5. The van der Waals surface area contributed by atoms with Crippen LogP contribution in [0.1, 0.15) is 47.0 Å². The predicted molar refractivity (Wildman–Crippen MR) is 67.4 cm³/mol. The zero-order chi connectivity index (χ0) is 13.0. The smallest absolute Gasteiger partial charge is 0.242 e. The standard InChI is InChI=1S/C13H24N2O2/c1-8-6-5-7-12(9(8)2)15-13(17)10(3)14-11(4)16/h8-10,12H,5-7H2,1-4H3,(H,14,16)(H,15,17). The third-order valence-electron chi connectivity index (χ3n) is 3.85. The Morgan fingerprint density at radius 1 is 1.24 bits per heavy atom. The molecule has 1 fully saturated rings. The fourth-order valence-corrected chi connectivity index (χ4v) is 2.46. The molecule has 17 heavy (non-hydrogen) atoms. The molecule has 0 spiro atoms. The van der Waals surface area contributed by atoms with Crippen molar-refractivity contribution < 1.29 is 9.59 Å². The molecule has 98 valence electrons. The van der Waals surface area contributed by atoms with Gasteiger partial charge < -0.3 is 10.6 Å². The highest BCUT2D eigenvalue weighted by Gasteiger charge is 2.29. The van der Waals surface area contributed by atoms with Crippen molar-refractivity contribution >= 4 is 11.8 Å². The number of carbonyl (C=O) groups is 2. The Balaban J connectivity index is 2.47. The van der Waals surface area contributed by atoms with Gasteiger partial charge in [-0.05, 0) is 25.2 Å². The molecule has 1 rings (SSSR count). The fourth-order valence-electron chi connectivity index (χ4n) is 2.46. The SMILES string of the molecule is CC(=O)NC(C)C(=O)NC1CCCC(C)C1C. The van der Waals surface area contributed by atoms with Crippen molar-refractivity contribution in [1.29, 1.82) is 0 Å². The van der Waals surface area contributed by atoms with Crippen molar-refractivity contribution in [2.24, 2.45) is 11.8 Å². The van der Waals surface area contributed by atoms with Crippen LogP contribution in [-0.4, -0.2) is 23.9 Å². The number of carbonyl (C=O) groups excluding carboxylic acids is 2. The monoisotopic (exact) mass is 240 g/mol. The van der Waals surface area contributed by atoms with E-state index in [1.807, 2.05) is 0 Å². The molecule has 1 aliphatic rings. The lowest BCUT2D eigenvalue weighted by Gasteiger charge is -2.35. The Bertz CT molecular complexity index is 291. The summed E-state index contributed by atoms with van der Waals surface area (Å²) in [5, 5.41) is 5.66. The summed E-state index contributed by atoms with van der Waals surface area (Å²) < 4.78 is 0. The van der Waals surface area contributed by atoms with Crippen LogP contribution in [0.25, 0.3) is 0 Å². The molecule has 4 heteroatoms. The maximum absolute atomic E-state index is 11.9. The predicted octanol–water partition coefficient (Wildman–Crippen LogP) is 1.45. The summed E-state index contributed by atoms with van der Waals surface area (Å²) in [7, 11) is 0. The highest BCUT2D eigenvalue weighted by atomic mass is 16.2. The molecule has 4 unspecified atom stereocenters. The molecule has 0 saturated heterocycles. The molecule has 0 heterocycles. The summed E-state index contributed by atoms with van der Waals surface area (Å²) in [5.41, 5.74) is 0. The average molecular weight is 240 g/mol. The van der Waals surface area contributed by atoms with Gasteiger partial charge in [-0.1, -0.05) is 26.7 Å². The quantitative estimate of drug-likeness (QED) is 0.784. The van der Waals surface area contributed by atoms with Crippen molar-refractivity contribution in [1.82, 2.24) is 10.6 Å². The lowest BCUT2D eigenvalue weighted by Crippen LogP contribution is -2.51. The van der Waals surface area contributed by atoms with E-state index in [9.17, 15) is 9.59 Å². The highest BCUT2D eigenvalue weighted by molar-refractivity contribution is 5.86. The van der Waals surface area contributed by atoms with Gasteiger partial charge in [0.25, 0.3) is 0 Å². The maximum atomic E-state index is 11.9. The first-order chi connectivity index (χ1) is 7.91. The lowest BCUT2D eigenvalue weighted by molar-refractivity contribution is -0.128. The third kappa shape index (κ3) is 4.02. The van der Waals surface area contributed by atoms with E-state index in [4.69, 9.17) is 0 Å². The molecule has 0 aromatic heterocycles. The molecule has 1 aliphatic carbocycles. The minimum absolute atomic E-state index is 0.0776. The zero-order valence-electron chi connectivity index (χ0n) is 11.2. The number of rotatable bonds is 3. The largest absolute Gasteiger partial charge is 0.351 e. The number of nitrogens with one attached hydrogen (secondary N) is 2. The van der Waals surface area contributed by atoms with Gasteiger partial charge in [0.05, 0.1) is 0 Å². The molecule has 0 aromatic rings. The van der Waals surface area contributed by atoms with Crippen molar-refractivity contribution in [3.05, 3.63) is 0 Å². The summed E-state index contributed by atoms with van der Waals surface area (Å²) >= 11 is 0. The van der Waals surface area contributed by atoms with Gasteiger partial charge >= 0.3 is 0 Å². The Labute approximate surface area is 104 Å². The van der Waals surface area contributed by atoms with Crippen LogP contribution in [0, 0.1) is 11.8 Å². The minimum Gasteiger partial charge on any atom is -0.351 e. The second-order valence-corrected chi connectivity index (χ2v) is 5.30. The van der Waals surface area contributed by atoms with E-state index < -0.39 is 6.04 Å². The van der Waals surface area contributed by atoms with E-state index in [2.05, 4.69) is 24.5 Å². The minimum atomic E-state index is -0.447. The first-order valence-electron chi connectivity index (χ1n) is 6.49. The number of hydrogen-bond acceptors (Lipinski definition) is 2. The molecule has 2 N–H and O–H groups in total. The fraction of sp³-hybridized carbons (Fsp3) is 0.846. The Morgan fingerprint density at radius 2 is 1.88 bits per heavy atom. The zero-order valence-corrected chi connectivity index (χ0v) is 11.2. The van der Waals surface area contributed by atoms with Gasteiger partial charge in [-0.15, -0.1) is 0 Å². The van der Waals surface area contributed by atoms with Gasteiger partial charge in [0.1, 0.15) is 6.04 Å². The van der Waals surface area contributed by atoms with Crippen LogP contribution in [0.5, 0.6) is 0 Å². The molecule has 4 nitrogen and oxygen atoms in total. The molecule has 2 amide bonds. The van der Waals surface area contributed by atoms with Crippen molar-refractivity contribution in [2.75, 3.05) is 0 Å². The molecule has 4 atom stereocenters. The summed E-state index contributed by atoms with van der Waals surface area (Å²) in [6, 6.07) is -0.195. The topological polar surface area (TPSA) is 58.2 Å². The van der Waals surface area contributed by atoms with E-state index in [1.54, 1.807) is 6.92 Å². The van der Waals surface area contributed by atoms with Crippen LogP contribution in [0.3, 0.4) is 0 Å². The molecular formula is C13H24N2O2. The van der Waals surface area contributed by atoms with E-state index in [1.165, 1.54) is 19.8 Å². The van der Waals surface area contributed by atoms with Crippen LogP contribution < -0.4 is 10.6 Å². The van der Waals surface area contributed by atoms with Crippen LogP contribution >= 0.6 is 0 Å². The van der Waals surface area contributed by atoms with Gasteiger partial charge in [0, 0.05) is 13.0 Å². The van der Waals surface area contributed by atoms with E-state index in [-0.39, 0.29) is 17.9 Å². The molecule has 0 aliphatic heterocycles. The van der Waals surface area contributed by atoms with E-state index in [0.717, 1.165) is 6.42 Å². The summed E-state index contributed by atoms with van der Waals surface area (Å²) in [6.45, 7) is 7.57. The van der Waals surface area contributed by atoms with Crippen molar-refractivity contribution in [3.8, 4) is 0 Å². The molecule has 1 saturated carbocycles. The van der Waals surface area contributed by atoms with Gasteiger partial charge in [-0.3, -0.25) is 9.59 Å².